The summed E-state index contributed by atoms with van der Waals surface area (Å²) in [6, 6.07) is 27.9. The highest BCUT2D eigenvalue weighted by molar-refractivity contribution is 6.12. The van der Waals surface area contributed by atoms with Gasteiger partial charge in [0.15, 0.2) is 0 Å². The first-order valence-corrected chi connectivity index (χ1v) is 16.1. The number of aromatic carboxylic acids is 1. The second-order valence-electron chi connectivity index (χ2n) is 12.0. The Morgan fingerprint density at radius 1 is 0.820 bits per heavy atom. The Labute approximate surface area is 289 Å². The van der Waals surface area contributed by atoms with Crippen molar-refractivity contribution >= 4 is 23.5 Å². The Morgan fingerprint density at radius 2 is 1.46 bits per heavy atom. The molecule has 1 amide bonds. The number of nitrogens with zero attached hydrogens (tertiary/aromatic N) is 2. The normalized spacial score (nSPS) is 12.0. The summed E-state index contributed by atoms with van der Waals surface area (Å²) in [6.45, 7) is 4.25. The van der Waals surface area contributed by atoms with Gasteiger partial charge in [0.25, 0.3) is 5.91 Å². The average Bonchev–Trinajstić information content (AvgIpc) is 3.44. The number of carbonyl (C=O) groups excluding carboxylic acids is 1. The lowest BCUT2D eigenvalue weighted by Gasteiger charge is -2.20. The van der Waals surface area contributed by atoms with Crippen molar-refractivity contribution in [3.63, 3.8) is 0 Å². The van der Waals surface area contributed by atoms with Crippen LogP contribution >= 0.6 is 0 Å². The zero-order chi connectivity index (χ0) is 36.2. The smallest absolute Gasteiger partial charge is 0.337 e. The molecule has 2 atom stereocenters. The van der Waals surface area contributed by atoms with E-state index in [2.05, 4.69) is 10.3 Å². The third-order valence-corrected chi connectivity index (χ3v) is 7.84. The van der Waals surface area contributed by atoms with Gasteiger partial charge in [-0.1, -0.05) is 62.4 Å². The molecule has 0 aliphatic carbocycles. The maximum Gasteiger partial charge on any atom is 0.337 e. The van der Waals surface area contributed by atoms with Crippen LogP contribution in [0.1, 0.15) is 65.4 Å². The molecular formula is C39H40FN3O7. The van der Waals surface area contributed by atoms with Crippen LogP contribution in [-0.2, 0) is 11.3 Å². The molecule has 10 nitrogen and oxygen atoms in total. The molecule has 0 aliphatic heterocycles. The van der Waals surface area contributed by atoms with E-state index in [1.54, 1.807) is 18.2 Å². The van der Waals surface area contributed by atoms with E-state index in [1.807, 2.05) is 79.1 Å². The van der Waals surface area contributed by atoms with Gasteiger partial charge in [-0.15, -0.1) is 0 Å². The first-order chi connectivity index (χ1) is 24.0. The average molecular weight is 682 g/mol. The first kappa shape index (κ1) is 37.2. The number of aliphatic hydroxyl groups excluding tert-OH is 2. The van der Waals surface area contributed by atoms with E-state index in [4.69, 9.17) is 10.2 Å². The van der Waals surface area contributed by atoms with Gasteiger partial charge < -0.3 is 30.3 Å². The van der Waals surface area contributed by atoms with Gasteiger partial charge in [0.05, 0.1) is 35.4 Å². The SMILES string of the molecule is CC(C)c1c(C(=O)Nc2ccccc2)c(-c2ccccc2)c(-c2ccc(F)cc2)n1CCC(O)CC(O)CC(=O)O.O=C(O)c1cccnc1. The number of benzene rings is 3. The predicted molar refractivity (Wildman–Crippen MR) is 188 cm³/mol. The quantitative estimate of drug-likeness (QED) is 0.0880. The first-order valence-electron chi connectivity index (χ1n) is 16.1. The molecule has 2 aromatic heterocycles. The van der Waals surface area contributed by atoms with Crippen molar-refractivity contribution in [2.45, 2.75) is 57.8 Å². The molecule has 5 rings (SSSR count). The standard InChI is InChI=1S/C33H35FN2O5.C6H5NO2/c1-21(2)31-30(33(41)35-25-11-7-4-8-12-25)29(22-9-5-3-6-10-22)32(23-13-15-24(34)16-14-23)36(31)18-17-26(37)19-27(38)20-28(39)40;8-6(9)5-2-1-3-7-4-5/h3-16,21,26-27,37-38H,17-20H2,1-2H3,(H,35,41)(H,39,40);1-4H,(H,8,9). The van der Waals surface area contributed by atoms with Crippen molar-refractivity contribution in [3.8, 4) is 22.4 Å². The van der Waals surface area contributed by atoms with E-state index < -0.39 is 30.6 Å². The zero-order valence-corrected chi connectivity index (χ0v) is 27.7. The number of nitrogens with one attached hydrogen (secondary N) is 1. The Balaban J connectivity index is 0.000000541. The Morgan fingerprint density at radius 3 is 2.00 bits per heavy atom. The fourth-order valence-corrected chi connectivity index (χ4v) is 5.69. The molecule has 3 aromatic carbocycles. The molecule has 5 N–H and O–H groups in total. The molecule has 0 spiro atoms. The summed E-state index contributed by atoms with van der Waals surface area (Å²) in [5.74, 6) is -2.88. The van der Waals surface area contributed by atoms with Gasteiger partial charge in [0.2, 0.25) is 0 Å². The molecule has 0 saturated carbocycles. The number of carboxylic acid groups (broad SMARTS) is 2. The number of aliphatic carboxylic acids is 1. The molecule has 0 bridgehead atoms. The highest BCUT2D eigenvalue weighted by Gasteiger charge is 2.31. The second kappa shape index (κ2) is 17.7. The minimum atomic E-state index is -1.18. The summed E-state index contributed by atoms with van der Waals surface area (Å²) in [4.78, 5) is 38.8. The van der Waals surface area contributed by atoms with Gasteiger partial charge in [-0.25, -0.2) is 9.18 Å². The number of aromatic nitrogens is 2. The number of hydrogen-bond acceptors (Lipinski definition) is 6. The number of pyridine rings is 1. The number of hydrogen-bond donors (Lipinski definition) is 5. The van der Waals surface area contributed by atoms with Crippen LogP contribution in [0, 0.1) is 5.82 Å². The number of para-hydroxylation sites is 1. The minimum Gasteiger partial charge on any atom is -0.481 e. The van der Waals surface area contributed by atoms with Crippen molar-refractivity contribution < 1.29 is 39.2 Å². The fourth-order valence-electron chi connectivity index (χ4n) is 5.69. The van der Waals surface area contributed by atoms with Gasteiger partial charge in [-0.05, 0) is 78.4 Å². The van der Waals surface area contributed by atoms with Crippen molar-refractivity contribution in [3.05, 3.63) is 132 Å². The van der Waals surface area contributed by atoms with Crippen molar-refractivity contribution in [1.82, 2.24) is 9.55 Å². The van der Waals surface area contributed by atoms with Crippen molar-refractivity contribution in [2.75, 3.05) is 5.32 Å². The third-order valence-electron chi connectivity index (χ3n) is 7.84. The third kappa shape index (κ3) is 9.94. The van der Waals surface area contributed by atoms with Gasteiger partial charge in [-0.2, -0.15) is 0 Å². The summed E-state index contributed by atoms with van der Waals surface area (Å²) < 4.78 is 16.0. The molecule has 5 aromatic rings. The molecule has 0 radical (unpaired) electrons. The Bertz CT molecular complexity index is 1860. The summed E-state index contributed by atoms with van der Waals surface area (Å²) in [5, 5.41) is 41.1. The Hall–Kier alpha value is -5.65. The lowest BCUT2D eigenvalue weighted by molar-refractivity contribution is -0.139. The molecule has 2 unspecified atom stereocenters. The molecule has 260 valence electrons. The summed E-state index contributed by atoms with van der Waals surface area (Å²) in [5.41, 5.74) is 4.99. The van der Waals surface area contributed by atoms with Crippen LogP contribution in [0.3, 0.4) is 0 Å². The number of anilines is 1. The molecule has 2 heterocycles. The second-order valence-corrected chi connectivity index (χ2v) is 12.0. The van der Waals surface area contributed by atoms with Crippen LogP contribution in [0.15, 0.2) is 109 Å². The van der Waals surface area contributed by atoms with E-state index in [-0.39, 0.29) is 42.6 Å². The number of carboxylic acids is 2. The van der Waals surface area contributed by atoms with Crippen molar-refractivity contribution in [2.24, 2.45) is 0 Å². The molecule has 50 heavy (non-hydrogen) atoms. The van der Waals surface area contributed by atoms with Gasteiger partial charge in [0, 0.05) is 35.9 Å². The van der Waals surface area contributed by atoms with E-state index in [0.29, 0.717) is 28.1 Å². The zero-order valence-electron chi connectivity index (χ0n) is 27.7. The lowest BCUT2D eigenvalue weighted by Crippen LogP contribution is -2.22. The molecule has 11 heteroatoms. The molecule has 0 fully saturated rings. The van der Waals surface area contributed by atoms with Gasteiger partial charge >= 0.3 is 11.9 Å². The summed E-state index contributed by atoms with van der Waals surface area (Å²) in [7, 11) is 0. The molecule has 0 saturated heterocycles. The largest absolute Gasteiger partial charge is 0.481 e. The number of amides is 1. The molecule has 0 aliphatic rings. The van der Waals surface area contributed by atoms with E-state index in [9.17, 15) is 29.0 Å². The maximum atomic E-state index is 14.0. The van der Waals surface area contributed by atoms with Crippen LogP contribution in [0.4, 0.5) is 10.1 Å². The highest BCUT2D eigenvalue weighted by Crippen LogP contribution is 2.42. The van der Waals surface area contributed by atoms with Crippen molar-refractivity contribution in [1.29, 1.82) is 0 Å². The number of aliphatic hydroxyl groups is 2. The number of carbonyl (C=O) groups is 3. The van der Waals surface area contributed by atoms with Crippen LogP contribution in [0.2, 0.25) is 0 Å². The topological polar surface area (TPSA) is 162 Å². The molecular weight excluding hydrogens is 641 g/mol. The van der Waals surface area contributed by atoms with Crippen LogP contribution < -0.4 is 5.32 Å². The monoisotopic (exact) mass is 681 g/mol. The van der Waals surface area contributed by atoms with E-state index in [0.717, 1.165) is 11.3 Å². The summed E-state index contributed by atoms with van der Waals surface area (Å²) >= 11 is 0. The Kier molecular flexibility index (Phi) is 13.1. The lowest BCUT2D eigenvalue weighted by atomic mass is 9.94. The van der Waals surface area contributed by atoms with Gasteiger partial charge in [-0.3, -0.25) is 14.6 Å². The summed E-state index contributed by atoms with van der Waals surface area (Å²) in [6.07, 6.45) is 0.335. The van der Waals surface area contributed by atoms with Crippen LogP contribution in [0.5, 0.6) is 0 Å². The fraction of sp³-hybridized carbons (Fsp3) is 0.231. The van der Waals surface area contributed by atoms with E-state index >= 15 is 0 Å². The van der Waals surface area contributed by atoms with Gasteiger partial charge in [0.1, 0.15) is 5.82 Å². The van der Waals surface area contributed by atoms with Crippen LogP contribution in [0.25, 0.3) is 22.4 Å². The number of halogens is 1. The maximum absolute atomic E-state index is 14.0. The predicted octanol–water partition coefficient (Wildman–Crippen LogP) is 7.09. The highest BCUT2D eigenvalue weighted by atomic mass is 19.1. The van der Waals surface area contributed by atoms with Crippen LogP contribution in [-0.4, -0.2) is 60.0 Å². The van der Waals surface area contributed by atoms with E-state index in [1.165, 1.54) is 30.6 Å². The minimum absolute atomic E-state index is 0.0939. The number of rotatable bonds is 13.